The summed E-state index contributed by atoms with van der Waals surface area (Å²) in [5.74, 6) is -0.221. The Morgan fingerprint density at radius 1 is 1.33 bits per heavy atom. The number of aromatic nitrogens is 2. The summed E-state index contributed by atoms with van der Waals surface area (Å²) in [5.41, 5.74) is 1.52. The van der Waals surface area contributed by atoms with Gasteiger partial charge in [-0.3, -0.25) is 4.98 Å². The lowest BCUT2D eigenvalue weighted by atomic mass is 10.2. The molecule has 0 bridgehead atoms. The van der Waals surface area contributed by atoms with Gasteiger partial charge in [-0.2, -0.15) is 0 Å². The fourth-order valence-corrected chi connectivity index (χ4v) is 1.57. The van der Waals surface area contributed by atoms with Crippen LogP contribution in [0.15, 0.2) is 24.4 Å². The third-order valence-corrected chi connectivity index (χ3v) is 2.91. The van der Waals surface area contributed by atoms with E-state index in [1.807, 2.05) is 11.9 Å². The summed E-state index contributed by atoms with van der Waals surface area (Å²) in [6.45, 7) is 4.11. The van der Waals surface area contributed by atoms with Crippen LogP contribution in [-0.4, -0.2) is 34.1 Å². The van der Waals surface area contributed by atoms with Crippen LogP contribution in [-0.2, 0) is 0 Å². The van der Waals surface area contributed by atoms with Crippen LogP contribution in [0.25, 0.3) is 11.0 Å². The molecule has 0 atom stereocenters. The molecule has 0 unspecified atom stereocenters. The quantitative estimate of drug-likeness (QED) is 0.897. The monoisotopic (exact) mass is 245 g/mol. The normalized spacial score (nSPS) is 10.9. The van der Waals surface area contributed by atoms with E-state index in [2.05, 4.69) is 23.8 Å². The van der Waals surface area contributed by atoms with Crippen molar-refractivity contribution in [1.82, 2.24) is 9.97 Å². The number of hydrogen-bond acceptors (Lipinski definition) is 4. The average Bonchev–Trinajstić information content (AvgIpc) is 2.36. The third-order valence-electron chi connectivity index (χ3n) is 2.91. The first-order chi connectivity index (χ1) is 8.49. The van der Waals surface area contributed by atoms with Crippen molar-refractivity contribution in [2.45, 2.75) is 19.9 Å². The Kier molecular flexibility index (Phi) is 3.14. The summed E-state index contributed by atoms with van der Waals surface area (Å²) in [7, 11) is 1.93. The smallest absolute Gasteiger partial charge is 0.335 e. The van der Waals surface area contributed by atoms with Crippen molar-refractivity contribution in [2.24, 2.45) is 0 Å². The lowest BCUT2D eigenvalue weighted by Crippen LogP contribution is -2.26. The molecule has 0 radical (unpaired) electrons. The Morgan fingerprint density at radius 3 is 2.67 bits per heavy atom. The number of carboxylic acids is 1. The first-order valence-electron chi connectivity index (χ1n) is 5.72. The predicted molar refractivity (Wildman–Crippen MR) is 70.0 cm³/mol. The van der Waals surface area contributed by atoms with Gasteiger partial charge in [0.1, 0.15) is 5.82 Å². The highest BCUT2D eigenvalue weighted by molar-refractivity contribution is 5.92. The van der Waals surface area contributed by atoms with Gasteiger partial charge < -0.3 is 10.0 Å². The van der Waals surface area contributed by atoms with E-state index in [0.29, 0.717) is 17.1 Å². The van der Waals surface area contributed by atoms with Crippen molar-refractivity contribution >= 4 is 22.8 Å². The van der Waals surface area contributed by atoms with Gasteiger partial charge in [0.15, 0.2) is 0 Å². The van der Waals surface area contributed by atoms with Crippen LogP contribution in [0.2, 0.25) is 0 Å². The maximum atomic E-state index is 10.9. The number of anilines is 1. The molecule has 0 saturated heterocycles. The Labute approximate surface area is 105 Å². The van der Waals surface area contributed by atoms with Gasteiger partial charge in [-0.1, -0.05) is 0 Å². The molecule has 2 aromatic rings. The molecular formula is C13H15N3O2. The first kappa shape index (κ1) is 12.3. The van der Waals surface area contributed by atoms with E-state index in [1.54, 1.807) is 18.3 Å². The van der Waals surface area contributed by atoms with Gasteiger partial charge in [-0.15, -0.1) is 0 Å². The number of carboxylic acid groups (broad SMARTS) is 1. The molecule has 1 aromatic carbocycles. The number of fused-ring (bicyclic) bond motifs is 1. The number of carbonyl (C=O) groups is 1. The lowest BCUT2D eigenvalue weighted by molar-refractivity contribution is 0.0697. The van der Waals surface area contributed by atoms with Crippen LogP contribution in [0.3, 0.4) is 0 Å². The Balaban J connectivity index is 2.52. The number of rotatable bonds is 3. The van der Waals surface area contributed by atoms with Crippen molar-refractivity contribution in [1.29, 1.82) is 0 Å². The Bertz CT molecular complexity index is 596. The maximum Gasteiger partial charge on any atom is 0.335 e. The molecule has 1 aromatic heterocycles. The van der Waals surface area contributed by atoms with E-state index in [0.717, 1.165) is 5.82 Å². The van der Waals surface area contributed by atoms with Gasteiger partial charge in [0.05, 0.1) is 22.8 Å². The SMILES string of the molecule is CC(C)N(C)c1cnc2ccc(C(=O)O)cc2n1. The highest BCUT2D eigenvalue weighted by atomic mass is 16.4. The summed E-state index contributed by atoms with van der Waals surface area (Å²) in [5, 5.41) is 8.95. The Hall–Kier alpha value is -2.17. The highest BCUT2D eigenvalue weighted by Gasteiger charge is 2.09. The summed E-state index contributed by atoms with van der Waals surface area (Å²) >= 11 is 0. The van der Waals surface area contributed by atoms with E-state index < -0.39 is 5.97 Å². The summed E-state index contributed by atoms with van der Waals surface area (Å²) in [6, 6.07) is 5.05. The van der Waals surface area contributed by atoms with Crippen molar-refractivity contribution in [2.75, 3.05) is 11.9 Å². The van der Waals surface area contributed by atoms with Crippen molar-refractivity contribution in [3.63, 3.8) is 0 Å². The summed E-state index contributed by atoms with van der Waals surface area (Å²) in [6.07, 6.45) is 1.70. The molecule has 0 aliphatic heterocycles. The van der Waals surface area contributed by atoms with Crippen LogP contribution in [0, 0.1) is 0 Å². The van der Waals surface area contributed by atoms with Gasteiger partial charge in [0, 0.05) is 13.1 Å². The molecule has 5 heteroatoms. The molecule has 0 saturated carbocycles. The molecule has 94 valence electrons. The topological polar surface area (TPSA) is 66.3 Å². The minimum Gasteiger partial charge on any atom is -0.478 e. The third kappa shape index (κ3) is 2.25. The molecule has 5 nitrogen and oxygen atoms in total. The molecule has 0 aliphatic rings. The summed E-state index contributed by atoms with van der Waals surface area (Å²) in [4.78, 5) is 21.6. The van der Waals surface area contributed by atoms with Crippen LogP contribution in [0.5, 0.6) is 0 Å². The largest absolute Gasteiger partial charge is 0.478 e. The second kappa shape index (κ2) is 4.60. The number of benzene rings is 1. The minimum absolute atomic E-state index is 0.223. The molecule has 18 heavy (non-hydrogen) atoms. The van der Waals surface area contributed by atoms with Gasteiger partial charge >= 0.3 is 5.97 Å². The molecule has 0 fully saturated rings. The first-order valence-corrected chi connectivity index (χ1v) is 5.72. The van der Waals surface area contributed by atoms with Crippen molar-refractivity contribution in [3.05, 3.63) is 30.0 Å². The van der Waals surface area contributed by atoms with Crippen LogP contribution in [0.4, 0.5) is 5.82 Å². The predicted octanol–water partition coefficient (Wildman–Crippen LogP) is 2.17. The fraction of sp³-hybridized carbons (Fsp3) is 0.308. The van der Waals surface area contributed by atoms with E-state index >= 15 is 0 Å². The van der Waals surface area contributed by atoms with Gasteiger partial charge in [-0.25, -0.2) is 9.78 Å². The van der Waals surface area contributed by atoms with E-state index in [-0.39, 0.29) is 5.56 Å². The molecule has 0 spiro atoms. The highest BCUT2D eigenvalue weighted by Crippen LogP contribution is 2.17. The van der Waals surface area contributed by atoms with E-state index in [4.69, 9.17) is 5.11 Å². The van der Waals surface area contributed by atoms with E-state index in [9.17, 15) is 4.79 Å². The second-order valence-electron chi connectivity index (χ2n) is 4.44. The number of nitrogens with zero attached hydrogens (tertiary/aromatic N) is 3. The van der Waals surface area contributed by atoms with Crippen LogP contribution < -0.4 is 4.90 Å². The van der Waals surface area contributed by atoms with Crippen molar-refractivity contribution in [3.8, 4) is 0 Å². The fourth-order valence-electron chi connectivity index (χ4n) is 1.57. The standard InChI is InChI=1S/C13H15N3O2/c1-8(2)16(3)12-7-14-10-5-4-9(13(17)18)6-11(10)15-12/h4-8H,1-3H3,(H,17,18). The summed E-state index contributed by atoms with van der Waals surface area (Å²) < 4.78 is 0. The van der Waals surface area contributed by atoms with E-state index in [1.165, 1.54) is 6.07 Å². The molecule has 0 amide bonds. The molecule has 1 heterocycles. The minimum atomic E-state index is -0.957. The zero-order valence-electron chi connectivity index (χ0n) is 10.6. The maximum absolute atomic E-state index is 10.9. The average molecular weight is 245 g/mol. The zero-order chi connectivity index (χ0) is 13.3. The number of hydrogen-bond donors (Lipinski definition) is 1. The molecule has 1 N–H and O–H groups in total. The van der Waals surface area contributed by atoms with Crippen LogP contribution in [0.1, 0.15) is 24.2 Å². The van der Waals surface area contributed by atoms with Gasteiger partial charge in [-0.05, 0) is 32.0 Å². The van der Waals surface area contributed by atoms with Crippen LogP contribution >= 0.6 is 0 Å². The second-order valence-corrected chi connectivity index (χ2v) is 4.44. The number of aromatic carboxylic acids is 1. The van der Waals surface area contributed by atoms with Gasteiger partial charge in [0.25, 0.3) is 0 Å². The zero-order valence-corrected chi connectivity index (χ0v) is 10.6. The lowest BCUT2D eigenvalue weighted by Gasteiger charge is -2.22. The molecular weight excluding hydrogens is 230 g/mol. The molecule has 2 rings (SSSR count). The van der Waals surface area contributed by atoms with Crippen molar-refractivity contribution < 1.29 is 9.90 Å². The van der Waals surface area contributed by atoms with Gasteiger partial charge in [0.2, 0.25) is 0 Å². The Morgan fingerprint density at radius 2 is 2.06 bits per heavy atom. The molecule has 0 aliphatic carbocycles.